The molecular weight excluding hydrogens is 288 g/mol. The molecule has 1 rings (SSSR count). The zero-order chi connectivity index (χ0) is 16.2. The number of hydrogen-bond donors (Lipinski definition) is 1. The van der Waals surface area contributed by atoms with Crippen LogP contribution in [0.4, 0.5) is 5.69 Å². The molecule has 5 nitrogen and oxygen atoms in total. The molecule has 1 atom stereocenters. The molecule has 0 saturated heterocycles. The summed E-state index contributed by atoms with van der Waals surface area (Å²) in [4.78, 5) is 12.0. The number of benzene rings is 1. The molecule has 0 aromatic heterocycles. The van der Waals surface area contributed by atoms with Crippen molar-refractivity contribution in [3.8, 4) is 0 Å². The summed E-state index contributed by atoms with van der Waals surface area (Å²) in [6.45, 7) is 7.38. The van der Waals surface area contributed by atoms with E-state index in [9.17, 15) is 13.2 Å². The van der Waals surface area contributed by atoms with Crippen molar-refractivity contribution in [1.29, 1.82) is 0 Å². The van der Waals surface area contributed by atoms with E-state index in [1.807, 2.05) is 39.8 Å². The van der Waals surface area contributed by atoms with Crippen LogP contribution in [0.2, 0.25) is 0 Å². The van der Waals surface area contributed by atoms with Crippen LogP contribution in [0.1, 0.15) is 31.4 Å². The van der Waals surface area contributed by atoms with Gasteiger partial charge in [0.1, 0.15) is 6.54 Å². The lowest BCUT2D eigenvalue weighted by atomic mass is 10.1. The molecular formula is C15H24N2O3S. The largest absolute Gasteiger partial charge is 0.352 e. The summed E-state index contributed by atoms with van der Waals surface area (Å²) in [6, 6.07) is 5.58. The van der Waals surface area contributed by atoms with E-state index in [2.05, 4.69) is 5.32 Å². The molecule has 0 unspecified atom stereocenters. The Morgan fingerprint density at radius 1 is 1.33 bits per heavy atom. The lowest BCUT2D eigenvalue weighted by Crippen LogP contribution is -2.43. The minimum absolute atomic E-state index is 0.0255. The molecule has 0 aliphatic carbocycles. The molecule has 0 spiro atoms. The van der Waals surface area contributed by atoms with Gasteiger partial charge in [-0.1, -0.05) is 19.1 Å². The number of amides is 1. The quantitative estimate of drug-likeness (QED) is 0.873. The van der Waals surface area contributed by atoms with Gasteiger partial charge in [0.2, 0.25) is 15.9 Å². The molecule has 0 aliphatic rings. The standard InChI is InChI=1S/C15H24N2O3S/c1-6-13(4)16-15(18)10-17(21(5,19)20)14-9-11(2)7-8-12(14)3/h7-9,13H,6,10H2,1-5H3,(H,16,18)/t13-/m1/s1. The molecule has 1 aromatic carbocycles. The van der Waals surface area contributed by atoms with Crippen LogP contribution in [0, 0.1) is 13.8 Å². The van der Waals surface area contributed by atoms with Gasteiger partial charge in [-0.05, 0) is 44.4 Å². The summed E-state index contributed by atoms with van der Waals surface area (Å²) >= 11 is 0. The van der Waals surface area contributed by atoms with E-state index in [-0.39, 0.29) is 18.5 Å². The van der Waals surface area contributed by atoms with Crippen molar-refractivity contribution < 1.29 is 13.2 Å². The third-order valence-corrected chi connectivity index (χ3v) is 4.47. The van der Waals surface area contributed by atoms with Crippen LogP contribution in [0.5, 0.6) is 0 Å². The maximum absolute atomic E-state index is 12.0. The van der Waals surface area contributed by atoms with Crippen molar-refractivity contribution >= 4 is 21.6 Å². The summed E-state index contributed by atoms with van der Waals surface area (Å²) < 4.78 is 25.2. The lowest BCUT2D eigenvalue weighted by molar-refractivity contribution is -0.120. The lowest BCUT2D eigenvalue weighted by Gasteiger charge is -2.24. The van der Waals surface area contributed by atoms with Crippen LogP contribution in [-0.4, -0.2) is 33.2 Å². The Labute approximate surface area is 127 Å². The first-order valence-corrected chi connectivity index (χ1v) is 8.84. The van der Waals surface area contributed by atoms with E-state index in [0.717, 1.165) is 28.1 Å². The fraction of sp³-hybridized carbons (Fsp3) is 0.533. The Balaban J connectivity index is 3.08. The second-order valence-corrected chi connectivity index (χ2v) is 7.34. The molecule has 0 saturated carbocycles. The molecule has 0 radical (unpaired) electrons. The number of aryl methyl sites for hydroxylation is 2. The van der Waals surface area contributed by atoms with Gasteiger partial charge in [-0.15, -0.1) is 0 Å². The van der Waals surface area contributed by atoms with Crippen LogP contribution in [0.25, 0.3) is 0 Å². The highest BCUT2D eigenvalue weighted by Gasteiger charge is 2.22. The van der Waals surface area contributed by atoms with E-state index in [4.69, 9.17) is 0 Å². The minimum Gasteiger partial charge on any atom is -0.352 e. The first-order valence-electron chi connectivity index (χ1n) is 6.99. The first kappa shape index (κ1) is 17.5. The summed E-state index contributed by atoms with van der Waals surface area (Å²) in [7, 11) is -3.52. The average Bonchev–Trinajstić information content (AvgIpc) is 2.37. The average molecular weight is 312 g/mol. The summed E-state index contributed by atoms with van der Waals surface area (Å²) in [5.41, 5.74) is 2.32. The zero-order valence-electron chi connectivity index (χ0n) is 13.3. The predicted octanol–water partition coefficient (Wildman–Crippen LogP) is 1.98. The highest BCUT2D eigenvalue weighted by molar-refractivity contribution is 7.92. The second-order valence-electron chi connectivity index (χ2n) is 5.44. The van der Waals surface area contributed by atoms with Crippen molar-refractivity contribution in [3.05, 3.63) is 29.3 Å². The highest BCUT2D eigenvalue weighted by atomic mass is 32.2. The molecule has 0 heterocycles. The van der Waals surface area contributed by atoms with Crippen molar-refractivity contribution in [2.24, 2.45) is 0 Å². The third-order valence-electron chi connectivity index (χ3n) is 3.34. The molecule has 1 amide bonds. The molecule has 6 heteroatoms. The SMILES string of the molecule is CC[C@@H](C)NC(=O)CN(c1cc(C)ccc1C)S(C)(=O)=O. The minimum atomic E-state index is -3.52. The molecule has 118 valence electrons. The van der Waals surface area contributed by atoms with E-state index in [1.54, 1.807) is 6.07 Å². The Kier molecular flexibility index (Phi) is 5.78. The van der Waals surface area contributed by atoms with E-state index < -0.39 is 10.0 Å². The van der Waals surface area contributed by atoms with Gasteiger partial charge in [-0.25, -0.2) is 8.42 Å². The van der Waals surface area contributed by atoms with Gasteiger partial charge in [-0.2, -0.15) is 0 Å². The second kappa shape index (κ2) is 6.93. The normalized spacial score (nSPS) is 12.8. The van der Waals surface area contributed by atoms with Gasteiger partial charge in [0.25, 0.3) is 0 Å². The number of carbonyl (C=O) groups is 1. The van der Waals surface area contributed by atoms with Gasteiger partial charge in [0, 0.05) is 6.04 Å². The number of nitrogens with zero attached hydrogens (tertiary/aromatic N) is 1. The zero-order valence-corrected chi connectivity index (χ0v) is 14.1. The number of rotatable bonds is 6. The number of sulfonamides is 1. The molecule has 1 N–H and O–H groups in total. The van der Waals surface area contributed by atoms with Crippen molar-refractivity contribution in [1.82, 2.24) is 5.32 Å². The predicted molar refractivity (Wildman–Crippen MR) is 86.0 cm³/mol. The Morgan fingerprint density at radius 3 is 2.48 bits per heavy atom. The molecule has 0 fully saturated rings. The van der Waals surface area contributed by atoms with Gasteiger partial charge in [0.05, 0.1) is 11.9 Å². The topological polar surface area (TPSA) is 66.5 Å². The summed E-state index contributed by atoms with van der Waals surface area (Å²) in [5, 5.41) is 2.79. The van der Waals surface area contributed by atoms with Crippen LogP contribution >= 0.6 is 0 Å². The van der Waals surface area contributed by atoms with Crippen LogP contribution < -0.4 is 9.62 Å². The fourth-order valence-electron chi connectivity index (χ4n) is 1.92. The van der Waals surface area contributed by atoms with Gasteiger partial charge < -0.3 is 5.32 Å². The number of nitrogens with one attached hydrogen (secondary N) is 1. The van der Waals surface area contributed by atoms with Crippen LogP contribution in [0.15, 0.2) is 18.2 Å². The Morgan fingerprint density at radius 2 is 1.95 bits per heavy atom. The van der Waals surface area contributed by atoms with Gasteiger partial charge in [0.15, 0.2) is 0 Å². The maximum Gasteiger partial charge on any atom is 0.240 e. The van der Waals surface area contributed by atoms with Gasteiger partial charge >= 0.3 is 0 Å². The third kappa shape index (κ3) is 5.04. The number of hydrogen-bond acceptors (Lipinski definition) is 3. The smallest absolute Gasteiger partial charge is 0.240 e. The monoisotopic (exact) mass is 312 g/mol. The van der Waals surface area contributed by atoms with E-state index >= 15 is 0 Å². The van der Waals surface area contributed by atoms with Crippen LogP contribution in [-0.2, 0) is 14.8 Å². The molecule has 0 aliphatic heterocycles. The Bertz CT molecular complexity index is 611. The fourth-order valence-corrected chi connectivity index (χ4v) is 2.83. The summed E-state index contributed by atoms with van der Waals surface area (Å²) in [5.74, 6) is -0.296. The Hall–Kier alpha value is -1.56. The number of anilines is 1. The number of carbonyl (C=O) groups excluding carboxylic acids is 1. The molecule has 0 bridgehead atoms. The summed E-state index contributed by atoms with van der Waals surface area (Å²) in [6.07, 6.45) is 1.92. The first-order chi connectivity index (χ1) is 9.65. The highest BCUT2D eigenvalue weighted by Crippen LogP contribution is 2.23. The van der Waals surface area contributed by atoms with Crippen molar-refractivity contribution in [2.45, 2.75) is 40.2 Å². The van der Waals surface area contributed by atoms with Crippen LogP contribution in [0.3, 0.4) is 0 Å². The van der Waals surface area contributed by atoms with E-state index in [0.29, 0.717) is 5.69 Å². The van der Waals surface area contributed by atoms with Crippen molar-refractivity contribution in [2.75, 3.05) is 17.1 Å². The van der Waals surface area contributed by atoms with Crippen molar-refractivity contribution in [3.63, 3.8) is 0 Å². The van der Waals surface area contributed by atoms with E-state index in [1.165, 1.54) is 0 Å². The van der Waals surface area contributed by atoms with Gasteiger partial charge in [-0.3, -0.25) is 9.10 Å². The molecule has 1 aromatic rings. The molecule has 21 heavy (non-hydrogen) atoms. The maximum atomic E-state index is 12.0.